The van der Waals surface area contributed by atoms with Gasteiger partial charge in [-0.05, 0) is 19.3 Å². The van der Waals surface area contributed by atoms with E-state index in [1.165, 1.54) is 19.3 Å². The first-order valence-electron chi connectivity index (χ1n) is 6.01. The van der Waals surface area contributed by atoms with Crippen LogP contribution in [0, 0.1) is 0 Å². The average molecular weight is 204 g/mol. The molecule has 0 spiro atoms. The van der Waals surface area contributed by atoms with Gasteiger partial charge in [0.1, 0.15) is 0 Å². The molecule has 0 aliphatic heterocycles. The number of hydrogen-bond donors (Lipinski definition) is 2. The van der Waals surface area contributed by atoms with E-state index in [1.807, 2.05) is 6.92 Å². The molecule has 2 N–H and O–H groups in total. The van der Waals surface area contributed by atoms with Crippen molar-refractivity contribution in [1.82, 2.24) is 0 Å². The summed E-state index contributed by atoms with van der Waals surface area (Å²) in [6.45, 7) is 6.60. The molecule has 88 valence electrons. The van der Waals surface area contributed by atoms with Crippen molar-refractivity contribution in [3.05, 3.63) is 0 Å². The number of rotatable bonds is 7. The van der Waals surface area contributed by atoms with Crippen molar-refractivity contribution in [2.75, 3.05) is 6.61 Å². The Morgan fingerprint density at radius 2 is 1.50 bits per heavy atom. The monoisotopic (exact) mass is 204 g/mol. The molecule has 0 heterocycles. The van der Waals surface area contributed by atoms with Gasteiger partial charge in [0.2, 0.25) is 0 Å². The molecule has 0 rings (SSSR count). The quantitative estimate of drug-likeness (QED) is 0.626. The van der Waals surface area contributed by atoms with Crippen molar-refractivity contribution in [3.8, 4) is 0 Å². The molecule has 0 aromatic rings. The van der Waals surface area contributed by atoms with E-state index in [1.54, 1.807) is 0 Å². The van der Waals surface area contributed by atoms with Crippen molar-refractivity contribution in [2.45, 2.75) is 71.8 Å². The van der Waals surface area contributed by atoms with Crippen LogP contribution in [-0.2, 0) is 0 Å². The summed E-state index contributed by atoms with van der Waals surface area (Å²) in [6, 6.07) is 0. The highest BCUT2D eigenvalue weighted by Crippen LogP contribution is 2.04. The van der Waals surface area contributed by atoms with Crippen molar-refractivity contribution in [3.63, 3.8) is 0 Å². The summed E-state index contributed by atoms with van der Waals surface area (Å²) in [5.41, 5.74) is 0. The molecule has 0 aliphatic carbocycles. The van der Waals surface area contributed by atoms with Gasteiger partial charge < -0.3 is 10.2 Å². The fourth-order valence-electron chi connectivity index (χ4n) is 0.992. The van der Waals surface area contributed by atoms with E-state index >= 15 is 0 Å². The number of hydrogen-bond acceptors (Lipinski definition) is 2. The molecule has 0 saturated heterocycles. The van der Waals surface area contributed by atoms with Crippen LogP contribution in [0.3, 0.4) is 0 Å². The Morgan fingerprint density at radius 3 is 1.79 bits per heavy atom. The molecule has 0 bridgehead atoms. The Bertz CT molecular complexity index is 82.4. The SMILES string of the molecule is CCCCCC(O)CC.CCCCO. The van der Waals surface area contributed by atoms with E-state index in [0.717, 1.165) is 25.7 Å². The molecule has 1 atom stereocenters. The van der Waals surface area contributed by atoms with Crippen LogP contribution in [0.5, 0.6) is 0 Å². The molecular formula is C12H28O2. The third kappa shape index (κ3) is 17.9. The largest absolute Gasteiger partial charge is 0.396 e. The zero-order chi connectivity index (χ0) is 11.2. The Morgan fingerprint density at radius 1 is 0.929 bits per heavy atom. The molecule has 1 unspecified atom stereocenters. The van der Waals surface area contributed by atoms with Crippen LogP contribution in [0.25, 0.3) is 0 Å². The van der Waals surface area contributed by atoms with Gasteiger partial charge in [-0.25, -0.2) is 0 Å². The number of unbranched alkanes of at least 4 members (excludes halogenated alkanes) is 3. The van der Waals surface area contributed by atoms with Crippen LogP contribution >= 0.6 is 0 Å². The van der Waals surface area contributed by atoms with Gasteiger partial charge in [-0.3, -0.25) is 0 Å². The highest BCUT2D eigenvalue weighted by Gasteiger charge is 1.97. The molecule has 0 aromatic carbocycles. The molecular weight excluding hydrogens is 176 g/mol. The van der Waals surface area contributed by atoms with E-state index in [0.29, 0.717) is 6.61 Å². The molecule has 0 amide bonds. The van der Waals surface area contributed by atoms with Crippen LogP contribution in [0.1, 0.15) is 65.7 Å². The summed E-state index contributed by atoms with van der Waals surface area (Å²) in [6.07, 6.45) is 7.58. The van der Waals surface area contributed by atoms with Gasteiger partial charge in [-0.2, -0.15) is 0 Å². The van der Waals surface area contributed by atoms with E-state index in [-0.39, 0.29) is 6.10 Å². The summed E-state index contributed by atoms with van der Waals surface area (Å²) in [4.78, 5) is 0. The molecule has 0 radical (unpaired) electrons. The van der Waals surface area contributed by atoms with Crippen molar-refractivity contribution >= 4 is 0 Å². The van der Waals surface area contributed by atoms with Gasteiger partial charge in [0.05, 0.1) is 6.10 Å². The second-order valence-corrected chi connectivity index (χ2v) is 3.64. The topological polar surface area (TPSA) is 40.5 Å². The van der Waals surface area contributed by atoms with Gasteiger partial charge in [-0.1, -0.05) is 46.5 Å². The van der Waals surface area contributed by atoms with Crippen LogP contribution < -0.4 is 0 Å². The van der Waals surface area contributed by atoms with Crippen molar-refractivity contribution < 1.29 is 10.2 Å². The highest BCUT2D eigenvalue weighted by atomic mass is 16.3. The zero-order valence-electron chi connectivity index (χ0n) is 10.1. The lowest BCUT2D eigenvalue weighted by molar-refractivity contribution is 0.156. The first-order valence-corrected chi connectivity index (χ1v) is 6.01. The van der Waals surface area contributed by atoms with Gasteiger partial charge in [0.15, 0.2) is 0 Å². The lowest BCUT2D eigenvalue weighted by atomic mass is 10.1. The summed E-state index contributed by atoms with van der Waals surface area (Å²) >= 11 is 0. The Hall–Kier alpha value is -0.0800. The smallest absolute Gasteiger partial charge is 0.0537 e. The Labute approximate surface area is 89.3 Å². The molecule has 0 aromatic heterocycles. The van der Waals surface area contributed by atoms with Crippen LogP contribution in [0.2, 0.25) is 0 Å². The summed E-state index contributed by atoms with van der Waals surface area (Å²) in [5.74, 6) is 0. The minimum atomic E-state index is -0.0449. The summed E-state index contributed by atoms with van der Waals surface area (Å²) in [7, 11) is 0. The molecule has 2 nitrogen and oxygen atoms in total. The van der Waals surface area contributed by atoms with E-state index in [2.05, 4.69) is 13.8 Å². The lowest BCUT2D eigenvalue weighted by Crippen LogP contribution is -2.02. The maximum Gasteiger partial charge on any atom is 0.0537 e. The zero-order valence-corrected chi connectivity index (χ0v) is 10.1. The lowest BCUT2D eigenvalue weighted by Gasteiger charge is -2.04. The normalized spacial score (nSPS) is 11.8. The fourth-order valence-corrected chi connectivity index (χ4v) is 0.992. The minimum absolute atomic E-state index is 0.0449. The third-order valence-corrected chi connectivity index (χ3v) is 2.12. The Balaban J connectivity index is 0. The van der Waals surface area contributed by atoms with Gasteiger partial charge in [0, 0.05) is 6.61 Å². The minimum Gasteiger partial charge on any atom is -0.396 e. The maximum atomic E-state index is 9.08. The van der Waals surface area contributed by atoms with Crippen molar-refractivity contribution in [1.29, 1.82) is 0 Å². The van der Waals surface area contributed by atoms with Crippen LogP contribution in [-0.4, -0.2) is 22.9 Å². The van der Waals surface area contributed by atoms with E-state index in [4.69, 9.17) is 10.2 Å². The summed E-state index contributed by atoms with van der Waals surface area (Å²) < 4.78 is 0. The third-order valence-electron chi connectivity index (χ3n) is 2.12. The average Bonchev–Trinajstić information content (AvgIpc) is 2.20. The molecule has 0 aliphatic rings. The molecule has 0 saturated carbocycles. The predicted octanol–water partition coefficient (Wildman–Crippen LogP) is 3.12. The summed E-state index contributed by atoms with van der Waals surface area (Å²) in [5, 5.41) is 17.2. The van der Waals surface area contributed by atoms with Crippen LogP contribution in [0.15, 0.2) is 0 Å². The maximum absolute atomic E-state index is 9.08. The van der Waals surface area contributed by atoms with Crippen molar-refractivity contribution in [2.24, 2.45) is 0 Å². The second kappa shape index (κ2) is 15.4. The van der Waals surface area contributed by atoms with Crippen LogP contribution in [0.4, 0.5) is 0 Å². The first kappa shape index (κ1) is 16.4. The Kier molecular flexibility index (Phi) is 18.0. The van der Waals surface area contributed by atoms with Gasteiger partial charge in [-0.15, -0.1) is 0 Å². The molecule has 0 fully saturated rings. The predicted molar refractivity (Wildman–Crippen MR) is 62.4 cm³/mol. The second-order valence-electron chi connectivity index (χ2n) is 3.64. The standard InChI is InChI=1S/C8H18O.C4H10O/c1-3-5-6-7-8(9)4-2;1-2-3-4-5/h8-9H,3-7H2,1-2H3;5H,2-4H2,1H3. The number of aliphatic hydroxyl groups excluding tert-OH is 2. The van der Waals surface area contributed by atoms with Gasteiger partial charge >= 0.3 is 0 Å². The first-order chi connectivity index (χ1) is 6.72. The van der Waals surface area contributed by atoms with E-state index in [9.17, 15) is 0 Å². The number of aliphatic hydroxyl groups is 2. The highest BCUT2D eigenvalue weighted by molar-refractivity contribution is 4.51. The fraction of sp³-hybridized carbons (Fsp3) is 1.00. The molecule has 2 heteroatoms. The molecule has 14 heavy (non-hydrogen) atoms. The van der Waals surface area contributed by atoms with Gasteiger partial charge in [0.25, 0.3) is 0 Å². The van der Waals surface area contributed by atoms with E-state index < -0.39 is 0 Å².